The van der Waals surface area contributed by atoms with Gasteiger partial charge in [-0.3, -0.25) is 14.5 Å². The van der Waals surface area contributed by atoms with Crippen molar-refractivity contribution in [3.05, 3.63) is 47.0 Å². The fourth-order valence-corrected chi connectivity index (χ4v) is 1.83. The van der Waals surface area contributed by atoms with Gasteiger partial charge in [-0.15, -0.1) is 0 Å². The van der Waals surface area contributed by atoms with E-state index >= 15 is 0 Å². The minimum absolute atomic E-state index is 0.0483. The lowest BCUT2D eigenvalue weighted by molar-refractivity contribution is -0.141. The van der Waals surface area contributed by atoms with Crippen molar-refractivity contribution in [1.82, 2.24) is 20.1 Å². The van der Waals surface area contributed by atoms with Crippen LogP contribution in [0.1, 0.15) is 27.4 Å². The maximum atomic E-state index is 12.8. The van der Waals surface area contributed by atoms with Crippen LogP contribution in [0.2, 0.25) is 0 Å². The summed E-state index contributed by atoms with van der Waals surface area (Å²) in [5.41, 5.74) is -0.364. The summed E-state index contributed by atoms with van der Waals surface area (Å²) in [6.45, 7) is 1.83. The van der Waals surface area contributed by atoms with Gasteiger partial charge in [-0.05, 0) is 19.1 Å². The molecule has 0 aliphatic rings. The molecule has 112 valence electrons. The zero-order valence-corrected chi connectivity index (χ0v) is 11.4. The Bertz CT molecular complexity index is 664. The number of aryl methyl sites for hydroxylation is 2. The summed E-state index contributed by atoms with van der Waals surface area (Å²) in [5, 5.41) is 5.70. The predicted octanol–water partition coefficient (Wildman–Crippen LogP) is 2.07. The number of nitrogens with one attached hydrogen (secondary N) is 1. The van der Waals surface area contributed by atoms with Crippen LogP contribution in [0.4, 0.5) is 13.2 Å². The molecule has 2 heterocycles. The Morgan fingerprint density at radius 2 is 2.10 bits per heavy atom. The first-order valence-electron chi connectivity index (χ1n) is 6.09. The average Bonchev–Trinajstić information content (AvgIpc) is 2.78. The zero-order valence-electron chi connectivity index (χ0n) is 11.4. The van der Waals surface area contributed by atoms with Gasteiger partial charge < -0.3 is 5.32 Å². The van der Waals surface area contributed by atoms with Gasteiger partial charge in [0.2, 0.25) is 0 Å². The molecule has 0 unspecified atom stereocenters. The molecule has 2 aromatic heterocycles. The van der Waals surface area contributed by atoms with E-state index in [4.69, 9.17) is 0 Å². The van der Waals surface area contributed by atoms with E-state index in [0.29, 0.717) is 5.69 Å². The number of hydrogen-bond acceptors (Lipinski definition) is 3. The Kier molecular flexibility index (Phi) is 3.97. The van der Waals surface area contributed by atoms with Crippen LogP contribution in [0, 0.1) is 6.92 Å². The van der Waals surface area contributed by atoms with Crippen molar-refractivity contribution < 1.29 is 18.0 Å². The van der Waals surface area contributed by atoms with Crippen molar-refractivity contribution in [2.45, 2.75) is 19.6 Å². The number of halogens is 3. The molecule has 0 radical (unpaired) electrons. The Morgan fingerprint density at radius 3 is 2.71 bits per heavy atom. The Labute approximate surface area is 118 Å². The zero-order chi connectivity index (χ0) is 15.6. The quantitative estimate of drug-likeness (QED) is 0.943. The molecule has 5 nitrogen and oxygen atoms in total. The summed E-state index contributed by atoms with van der Waals surface area (Å²) in [6.07, 6.45) is -3.63. The molecule has 0 bridgehead atoms. The maximum absolute atomic E-state index is 12.8. The number of nitrogens with zero attached hydrogens (tertiary/aromatic N) is 3. The minimum atomic E-state index is -4.67. The van der Waals surface area contributed by atoms with Gasteiger partial charge in [0.05, 0.1) is 17.8 Å². The third-order valence-corrected chi connectivity index (χ3v) is 2.72. The van der Waals surface area contributed by atoms with Crippen molar-refractivity contribution in [2.24, 2.45) is 7.05 Å². The Hall–Kier alpha value is -2.38. The third-order valence-electron chi connectivity index (χ3n) is 2.72. The van der Waals surface area contributed by atoms with Gasteiger partial charge in [-0.1, -0.05) is 6.07 Å². The highest BCUT2D eigenvalue weighted by Gasteiger charge is 2.38. The predicted molar refractivity (Wildman–Crippen MR) is 68.4 cm³/mol. The number of hydrogen-bond donors (Lipinski definition) is 1. The first kappa shape index (κ1) is 15.0. The molecule has 0 aliphatic heterocycles. The highest BCUT2D eigenvalue weighted by Crippen LogP contribution is 2.30. The van der Waals surface area contributed by atoms with Crippen molar-refractivity contribution >= 4 is 5.91 Å². The molecule has 0 aliphatic carbocycles. The molecule has 1 N–H and O–H groups in total. The molecule has 0 atom stereocenters. The van der Waals surface area contributed by atoms with Crippen LogP contribution < -0.4 is 5.32 Å². The monoisotopic (exact) mass is 298 g/mol. The van der Waals surface area contributed by atoms with Gasteiger partial charge in [0.1, 0.15) is 0 Å². The van der Waals surface area contributed by atoms with Gasteiger partial charge in [0.15, 0.2) is 5.69 Å². The Balaban J connectivity index is 2.14. The van der Waals surface area contributed by atoms with Gasteiger partial charge in [0, 0.05) is 18.9 Å². The molecule has 21 heavy (non-hydrogen) atoms. The number of rotatable bonds is 3. The lowest BCUT2D eigenvalue weighted by Crippen LogP contribution is -2.25. The van der Waals surface area contributed by atoms with E-state index in [1.807, 2.05) is 0 Å². The molecule has 0 fully saturated rings. The number of amides is 1. The molecule has 0 aromatic carbocycles. The topological polar surface area (TPSA) is 59.8 Å². The first-order valence-corrected chi connectivity index (χ1v) is 6.09. The van der Waals surface area contributed by atoms with Crippen molar-refractivity contribution in [3.63, 3.8) is 0 Å². The fourth-order valence-electron chi connectivity index (χ4n) is 1.83. The van der Waals surface area contributed by atoms with Gasteiger partial charge in [0.25, 0.3) is 5.91 Å². The summed E-state index contributed by atoms with van der Waals surface area (Å²) in [4.78, 5) is 16.0. The molecule has 1 amide bonds. The largest absolute Gasteiger partial charge is 0.435 e. The molecule has 0 spiro atoms. The molecule has 0 saturated heterocycles. The summed E-state index contributed by atoms with van der Waals surface area (Å²) < 4.78 is 39.3. The van der Waals surface area contributed by atoms with Gasteiger partial charge >= 0.3 is 6.18 Å². The van der Waals surface area contributed by atoms with Gasteiger partial charge in [-0.25, -0.2) is 0 Å². The van der Waals surface area contributed by atoms with Crippen LogP contribution in [0.5, 0.6) is 0 Å². The number of pyridine rings is 1. The molecule has 0 saturated carbocycles. The lowest BCUT2D eigenvalue weighted by atomic mass is 10.2. The summed E-state index contributed by atoms with van der Waals surface area (Å²) >= 11 is 0. The summed E-state index contributed by atoms with van der Waals surface area (Å²) in [5.74, 6) is -0.835. The van der Waals surface area contributed by atoms with E-state index in [1.54, 1.807) is 25.1 Å². The minimum Gasteiger partial charge on any atom is -0.346 e. The molecule has 8 heteroatoms. The number of carbonyl (C=O) groups excluding carboxylic acids is 1. The number of aromatic nitrogens is 3. The van der Waals surface area contributed by atoms with Crippen LogP contribution in [-0.2, 0) is 19.8 Å². The molecule has 2 rings (SSSR count). The number of alkyl halides is 3. The average molecular weight is 298 g/mol. The molecular formula is C13H13F3N4O. The molecular weight excluding hydrogens is 285 g/mol. The fraction of sp³-hybridized carbons (Fsp3) is 0.308. The highest BCUT2D eigenvalue weighted by atomic mass is 19.4. The SMILES string of the molecule is Cc1cccc(CNC(=O)c2cn(C)nc2C(F)(F)F)n1. The highest BCUT2D eigenvalue weighted by molar-refractivity contribution is 5.95. The van der Waals surface area contributed by atoms with Crippen LogP contribution in [0.3, 0.4) is 0 Å². The standard InChI is InChI=1S/C13H13F3N4O/c1-8-4-3-5-9(18-8)6-17-12(21)10-7-20(2)19-11(10)13(14,15)16/h3-5,7H,6H2,1-2H3,(H,17,21). The van der Waals surface area contributed by atoms with Crippen molar-refractivity contribution in [1.29, 1.82) is 0 Å². The van der Waals surface area contributed by atoms with E-state index in [0.717, 1.165) is 16.6 Å². The van der Waals surface area contributed by atoms with Crippen LogP contribution in [-0.4, -0.2) is 20.7 Å². The second-order valence-corrected chi connectivity index (χ2v) is 4.52. The van der Waals surface area contributed by atoms with Crippen LogP contribution in [0.15, 0.2) is 24.4 Å². The number of carbonyl (C=O) groups is 1. The Morgan fingerprint density at radius 1 is 1.38 bits per heavy atom. The first-order chi connectivity index (χ1) is 9.77. The second-order valence-electron chi connectivity index (χ2n) is 4.52. The van der Waals surface area contributed by atoms with E-state index in [9.17, 15) is 18.0 Å². The van der Waals surface area contributed by atoms with Crippen molar-refractivity contribution in [3.8, 4) is 0 Å². The smallest absolute Gasteiger partial charge is 0.346 e. The van der Waals surface area contributed by atoms with E-state index in [2.05, 4.69) is 15.4 Å². The second kappa shape index (κ2) is 5.55. The third kappa shape index (κ3) is 3.59. The summed E-state index contributed by atoms with van der Waals surface area (Å²) in [7, 11) is 1.33. The maximum Gasteiger partial charge on any atom is 0.435 e. The lowest BCUT2D eigenvalue weighted by Gasteiger charge is -2.07. The molecule has 2 aromatic rings. The van der Waals surface area contributed by atoms with E-state index < -0.39 is 23.3 Å². The van der Waals surface area contributed by atoms with Crippen LogP contribution in [0.25, 0.3) is 0 Å². The van der Waals surface area contributed by atoms with Crippen molar-refractivity contribution in [2.75, 3.05) is 0 Å². The van der Waals surface area contributed by atoms with Crippen LogP contribution >= 0.6 is 0 Å². The van der Waals surface area contributed by atoms with Gasteiger partial charge in [-0.2, -0.15) is 18.3 Å². The normalized spacial score (nSPS) is 11.5. The summed E-state index contributed by atoms with van der Waals surface area (Å²) in [6, 6.07) is 5.23. The van der Waals surface area contributed by atoms with E-state index in [1.165, 1.54) is 7.05 Å². The van der Waals surface area contributed by atoms with E-state index in [-0.39, 0.29) is 6.54 Å².